The summed E-state index contributed by atoms with van der Waals surface area (Å²) in [5.74, 6) is 0.565. The average Bonchev–Trinajstić information content (AvgIpc) is 3.43. The van der Waals surface area contributed by atoms with Crippen LogP contribution in [-0.4, -0.2) is 30.0 Å². The molecule has 1 aliphatic rings. The van der Waals surface area contributed by atoms with E-state index in [0.717, 1.165) is 27.1 Å². The van der Waals surface area contributed by atoms with E-state index >= 15 is 0 Å². The number of halogens is 2. The lowest BCUT2D eigenvalue weighted by atomic mass is 9.93. The second-order valence-corrected chi connectivity index (χ2v) is 13.6. The summed E-state index contributed by atoms with van der Waals surface area (Å²) in [7, 11) is 0. The van der Waals surface area contributed by atoms with E-state index in [2.05, 4.69) is 0 Å². The fourth-order valence-corrected chi connectivity index (χ4v) is 7.22. The van der Waals surface area contributed by atoms with Crippen LogP contribution >= 0.6 is 46.3 Å². The van der Waals surface area contributed by atoms with E-state index in [1.54, 1.807) is 41.5 Å². The summed E-state index contributed by atoms with van der Waals surface area (Å²) in [6.07, 6.45) is 3.81. The molecule has 7 nitrogen and oxygen atoms in total. The number of carbonyl (C=O) groups is 1. The zero-order valence-corrected chi connectivity index (χ0v) is 30.1. The molecule has 6 rings (SSSR count). The fraction of sp³-hybridized carbons (Fsp3) is 0.184. The Labute approximate surface area is 302 Å². The first-order valence-corrected chi connectivity index (χ1v) is 18.4. The summed E-state index contributed by atoms with van der Waals surface area (Å²) in [6.45, 7) is 4.52. The van der Waals surface area contributed by atoms with Gasteiger partial charge in [0.1, 0.15) is 6.61 Å². The minimum absolute atomic E-state index is 0.183. The predicted molar refractivity (Wildman–Crippen MR) is 198 cm³/mol. The van der Waals surface area contributed by atoms with Gasteiger partial charge in [0.15, 0.2) is 16.3 Å². The summed E-state index contributed by atoms with van der Waals surface area (Å²) in [5.41, 5.74) is 3.65. The van der Waals surface area contributed by atoms with Gasteiger partial charge in [0.05, 0.1) is 45.1 Å². The summed E-state index contributed by atoms with van der Waals surface area (Å²) < 4.78 is 19.6. The molecule has 1 aromatic heterocycles. The normalized spacial score (nSPS) is 14.3. The molecule has 0 radical (unpaired) electrons. The Morgan fingerprint density at radius 2 is 1.69 bits per heavy atom. The number of ether oxygens (including phenoxy) is 3. The van der Waals surface area contributed by atoms with Crippen LogP contribution in [0.2, 0.25) is 10.0 Å². The van der Waals surface area contributed by atoms with Crippen molar-refractivity contribution in [3.8, 4) is 11.5 Å². The number of hydrogen-bond acceptors (Lipinski definition) is 8. The van der Waals surface area contributed by atoms with Crippen LogP contribution in [0.1, 0.15) is 42.1 Å². The molecule has 0 spiro atoms. The molecule has 0 N–H and O–H groups in total. The SMILES string of the molecule is CCOC(=O)C1=C(c2ccccc2)N=c2s/c(=C\c3ccc(OCc4ccc(Cl)c(Cl)c4)c(OCC)c3)c(=O)n2[C@H]1c1ccc(SC)cc1. The summed E-state index contributed by atoms with van der Waals surface area (Å²) in [6, 6.07) is 27.5. The number of benzene rings is 4. The molecule has 5 aromatic rings. The molecule has 1 aliphatic heterocycles. The summed E-state index contributed by atoms with van der Waals surface area (Å²) >= 11 is 15.1. The number of esters is 1. The Bertz CT molecular complexity index is 2210. The highest BCUT2D eigenvalue weighted by Gasteiger charge is 2.35. The van der Waals surface area contributed by atoms with Gasteiger partial charge in [0.2, 0.25) is 0 Å². The van der Waals surface area contributed by atoms with Crippen molar-refractivity contribution in [2.24, 2.45) is 4.99 Å². The Balaban J connectivity index is 1.46. The topological polar surface area (TPSA) is 79.1 Å². The van der Waals surface area contributed by atoms with E-state index in [-0.39, 0.29) is 18.8 Å². The summed E-state index contributed by atoms with van der Waals surface area (Å²) in [5, 5.41) is 0.928. The molecule has 0 saturated heterocycles. The van der Waals surface area contributed by atoms with Gasteiger partial charge in [-0.05, 0) is 79.3 Å². The molecule has 11 heteroatoms. The van der Waals surface area contributed by atoms with E-state index in [9.17, 15) is 9.59 Å². The lowest BCUT2D eigenvalue weighted by Crippen LogP contribution is -2.40. The van der Waals surface area contributed by atoms with Gasteiger partial charge >= 0.3 is 5.97 Å². The van der Waals surface area contributed by atoms with Crippen molar-refractivity contribution in [1.82, 2.24) is 4.57 Å². The average molecular weight is 732 g/mol. The molecule has 0 aliphatic carbocycles. The number of thioether (sulfide) groups is 1. The van der Waals surface area contributed by atoms with Crippen molar-refractivity contribution in [2.75, 3.05) is 19.5 Å². The maximum Gasteiger partial charge on any atom is 0.338 e. The Hall–Kier alpha value is -4.28. The van der Waals surface area contributed by atoms with E-state index in [0.29, 0.717) is 48.8 Å². The first kappa shape index (κ1) is 34.6. The van der Waals surface area contributed by atoms with E-state index in [4.69, 9.17) is 42.4 Å². The molecule has 0 bridgehead atoms. The number of thiazole rings is 1. The van der Waals surface area contributed by atoms with Crippen molar-refractivity contribution in [1.29, 1.82) is 0 Å². The Morgan fingerprint density at radius 3 is 2.39 bits per heavy atom. The van der Waals surface area contributed by atoms with Crippen LogP contribution in [-0.2, 0) is 16.1 Å². The zero-order chi connectivity index (χ0) is 34.5. The maximum absolute atomic E-state index is 14.3. The molecule has 1 atom stereocenters. The zero-order valence-electron chi connectivity index (χ0n) is 26.9. The number of aromatic nitrogens is 1. The number of hydrogen-bond donors (Lipinski definition) is 0. The van der Waals surface area contributed by atoms with Gasteiger partial charge in [0, 0.05) is 10.5 Å². The molecule has 0 unspecified atom stereocenters. The smallest absolute Gasteiger partial charge is 0.338 e. The summed E-state index contributed by atoms with van der Waals surface area (Å²) in [4.78, 5) is 34.5. The van der Waals surface area contributed by atoms with E-state index < -0.39 is 12.0 Å². The molecule has 0 fully saturated rings. The third kappa shape index (κ3) is 7.50. The van der Waals surface area contributed by atoms with Gasteiger partial charge in [-0.2, -0.15) is 0 Å². The minimum atomic E-state index is -0.750. The van der Waals surface area contributed by atoms with Crippen molar-refractivity contribution in [3.05, 3.63) is 149 Å². The molecule has 4 aromatic carbocycles. The van der Waals surface area contributed by atoms with Crippen LogP contribution in [0, 0.1) is 0 Å². The molecule has 49 heavy (non-hydrogen) atoms. The van der Waals surface area contributed by atoms with Crippen LogP contribution in [0.15, 0.2) is 111 Å². The first-order chi connectivity index (χ1) is 23.8. The van der Waals surface area contributed by atoms with E-state index in [1.165, 1.54) is 11.3 Å². The van der Waals surface area contributed by atoms with Gasteiger partial charge in [-0.25, -0.2) is 9.79 Å². The number of rotatable bonds is 11. The molecular formula is C38H32Cl2N2O5S2. The van der Waals surface area contributed by atoms with Gasteiger partial charge in [0.25, 0.3) is 5.56 Å². The van der Waals surface area contributed by atoms with Gasteiger partial charge in [-0.15, -0.1) is 11.8 Å². The molecule has 0 saturated carbocycles. The number of nitrogens with zero attached hydrogens (tertiary/aromatic N) is 2. The van der Waals surface area contributed by atoms with Crippen LogP contribution < -0.4 is 24.4 Å². The second kappa shape index (κ2) is 15.5. The number of carbonyl (C=O) groups excluding carboxylic acids is 1. The second-order valence-electron chi connectivity index (χ2n) is 10.9. The Kier molecular flexibility index (Phi) is 10.9. The molecule has 2 heterocycles. The third-order valence-electron chi connectivity index (χ3n) is 7.75. The fourth-order valence-electron chi connectivity index (χ4n) is 5.49. The van der Waals surface area contributed by atoms with Crippen molar-refractivity contribution >= 4 is 64.0 Å². The minimum Gasteiger partial charge on any atom is -0.490 e. The molecular weight excluding hydrogens is 699 g/mol. The lowest BCUT2D eigenvalue weighted by Gasteiger charge is -2.26. The van der Waals surface area contributed by atoms with Crippen molar-refractivity contribution in [2.45, 2.75) is 31.4 Å². The standard InChI is InChI=1S/C38H32Cl2N2O5S2/c1-4-45-31-20-23(12-18-30(31)47-22-24-11-17-28(39)29(40)19-24)21-32-36(43)42-35(26-13-15-27(48-3)16-14-26)33(37(44)46-5-2)34(41-38(42)49-32)25-9-7-6-8-10-25/h6-21,35H,4-5,22H2,1-3H3/b32-21-/t35-/m0/s1. The highest BCUT2D eigenvalue weighted by Crippen LogP contribution is 2.36. The van der Waals surface area contributed by atoms with Crippen LogP contribution in [0.5, 0.6) is 11.5 Å². The van der Waals surface area contributed by atoms with E-state index in [1.807, 2.05) is 92.0 Å². The van der Waals surface area contributed by atoms with Crippen molar-refractivity contribution < 1.29 is 19.0 Å². The molecule has 250 valence electrons. The van der Waals surface area contributed by atoms with Gasteiger partial charge in [-0.1, -0.05) is 89.1 Å². The largest absolute Gasteiger partial charge is 0.490 e. The maximum atomic E-state index is 14.3. The highest BCUT2D eigenvalue weighted by molar-refractivity contribution is 7.98. The van der Waals surface area contributed by atoms with Crippen LogP contribution in [0.3, 0.4) is 0 Å². The molecule has 0 amide bonds. The van der Waals surface area contributed by atoms with Crippen molar-refractivity contribution in [3.63, 3.8) is 0 Å². The van der Waals surface area contributed by atoms with Crippen LogP contribution in [0.25, 0.3) is 11.8 Å². The lowest BCUT2D eigenvalue weighted by molar-refractivity contribution is -0.138. The highest BCUT2D eigenvalue weighted by atomic mass is 35.5. The Morgan fingerprint density at radius 1 is 0.918 bits per heavy atom. The predicted octanol–water partition coefficient (Wildman–Crippen LogP) is 7.94. The quantitative estimate of drug-likeness (QED) is 0.101. The first-order valence-electron chi connectivity index (χ1n) is 15.6. The monoisotopic (exact) mass is 730 g/mol. The van der Waals surface area contributed by atoms with Gasteiger partial charge in [-0.3, -0.25) is 9.36 Å². The number of fused-ring (bicyclic) bond motifs is 1. The van der Waals surface area contributed by atoms with Crippen LogP contribution in [0.4, 0.5) is 0 Å². The third-order valence-corrected chi connectivity index (χ3v) is 10.2. The van der Waals surface area contributed by atoms with Gasteiger partial charge < -0.3 is 14.2 Å².